The van der Waals surface area contributed by atoms with E-state index in [2.05, 4.69) is 0 Å². The Morgan fingerprint density at radius 3 is 2.64 bits per heavy atom. The van der Waals surface area contributed by atoms with Gasteiger partial charge in [-0.05, 0) is 24.1 Å². The van der Waals surface area contributed by atoms with Crippen LogP contribution in [0.4, 0.5) is 8.78 Å². The molecule has 1 rings (SSSR count). The van der Waals surface area contributed by atoms with E-state index in [0.717, 1.165) is 12.2 Å². The summed E-state index contributed by atoms with van der Waals surface area (Å²) in [5.41, 5.74) is -0.182. The summed E-state index contributed by atoms with van der Waals surface area (Å²) in [5, 5.41) is 8.59. The molecule has 1 aliphatic rings. The second-order valence-electron chi connectivity index (χ2n) is 2.94. The highest BCUT2D eigenvalue weighted by Crippen LogP contribution is 2.27. The van der Waals surface area contributed by atoms with Gasteiger partial charge in [-0.3, -0.25) is 0 Å². The van der Waals surface area contributed by atoms with E-state index >= 15 is 0 Å². The Balaban J connectivity index is 3.09. The molecule has 0 heterocycles. The summed E-state index contributed by atoms with van der Waals surface area (Å²) in [6.45, 7) is 1.70. The normalized spacial score (nSPS) is 17.4. The first-order chi connectivity index (χ1) is 6.56. The first kappa shape index (κ1) is 10.6. The zero-order valence-electron chi connectivity index (χ0n) is 7.68. The number of halogens is 2. The van der Waals surface area contributed by atoms with E-state index in [-0.39, 0.29) is 12.0 Å². The molecule has 1 aliphatic carbocycles. The van der Waals surface area contributed by atoms with Crippen molar-refractivity contribution in [3.05, 3.63) is 35.0 Å². The molecule has 0 unspecified atom stereocenters. The van der Waals surface area contributed by atoms with Crippen LogP contribution in [0.1, 0.15) is 19.8 Å². The zero-order chi connectivity index (χ0) is 10.7. The van der Waals surface area contributed by atoms with Crippen molar-refractivity contribution in [3.63, 3.8) is 0 Å². The van der Waals surface area contributed by atoms with Crippen LogP contribution in [0.2, 0.25) is 0 Å². The SMILES string of the molecule is CCC1=C(F)C=CC(C(=O)O)=C(F)C1. The maximum atomic E-state index is 13.2. The Hall–Kier alpha value is -1.45. The van der Waals surface area contributed by atoms with Gasteiger partial charge < -0.3 is 5.11 Å². The standard InChI is InChI=1S/C10H10F2O2/c1-2-6-5-9(12)7(10(13)14)3-4-8(6)11/h3-4H,2,5H2,1H3,(H,13,14). The molecule has 0 amide bonds. The predicted molar refractivity (Wildman–Crippen MR) is 48.0 cm³/mol. The molecule has 76 valence electrons. The Bertz CT molecular complexity index is 351. The van der Waals surface area contributed by atoms with Crippen LogP contribution in [-0.2, 0) is 4.79 Å². The highest BCUT2D eigenvalue weighted by atomic mass is 19.1. The van der Waals surface area contributed by atoms with Crippen LogP contribution in [0.25, 0.3) is 0 Å². The molecule has 0 radical (unpaired) electrons. The van der Waals surface area contributed by atoms with E-state index in [1.165, 1.54) is 0 Å². The van der Waals surface area contributed by atoms with E-state index < -0.39 is 23.2 Å². The Labute approximate surface area is 80.2 Å². The van der Waals surface area contributed by atoms with Crippen molar-refractivity contribution in [1.82, 2.24) is 0 Å². The number of carboxylic acids is 1. The topological polar surface area (TPSA) is 37.3 Å². The molecule has 0 aliphatic heterocycles. The first-order valence-electron chi connectivity index (χ1n) is 4.23. The quantitative estimate of drug-likeness (QED) is 0.744. The lowest BCUT2D eigenvalue weighted by molar-refractivity contribution is -0.132. The molecule has 14 heavy (non-hydrogen) atoms. The summed E-state index contributed by atoms with van der Waals surface area (Å²) in [6.07, 6.45) is 2.07. The van der Waals surface area contributed by atoms with Crippen molar-refractivity contribution < 1.29 is 18.7 Å². The first-order valence-corrected chi connectivity index (χ1v) is 4.23. The summed E-state index contributed by atoms with van der Waals surface area (Å²) in [5.74, 6) is -2.71. The van der Waals surface area contributed by atoms with Gasteiger partial charge in [0.1, 0.15) is 11.7 Å². The largest absolute Gasteiger partial charge is 0.478 e. The van der Waals surface area contributed by atoms with Crippen molar-refractivity contribution in [2.45, 2.75) is 19.8 Å². The molecule has 0 fully saturated rings. The number of allylic oxidation sites excluding steroid dienone is 4. The fourth-order valence-electron chi connectivity index (χ4n) is 1.21. The monoisotopic (exact) mass is 200 g/mol. The third kappa shape index (κ3) is 2.07. The molecule has 0 aromatic carbocycles. The number of hydrogen-bond donors (Lipinski definition) is 1. The van der Waals surface area contributed by atoms with E-state index in [0.29, 0.717) is 6.42 Å². The van der Waals surface area contributed by atoms with Crippen LogP contribution >= 0.6 is 0 Å². The van der Waals surface area contributed by atoms with Crippen molar-refractivity contribution in [3.8, 4) is 0 Å². The fraction of sp³-hybridized carbons (Fsp3) is 0.300. The average molecular weight is 200 g/mol. The Morgan fingerprint density at radius 1 is 1.50 bits per heavy atom. The third-order valence-electron chi connectivity index (χ3n) is 2.05. The van der Waals surface area contributed by atoms with Gasteiger partial charge in [0, 0.05) is 6.42 Å². The molecule has 0 spiro atoms. The molecule has 2 nitrogen and oxygen atoms in total. The molecular formula is C10H10F2O2. The van der Waals surface area contributed by atoms with Gasteiger partial charge in [-0.25, -0.2) is 13.6 Å². The van der Waals surface area contributed by atoms with Crippen molar-refractivity contribution >= 4 is 5.97 Å². The molecule has 1 N–H and O–H groups in total. The van der Waals surface area contributed by atoms with E-state index in [9.17, 15) is 13.6 Å². The minimum Gasteiger partial charge on any atom is -0.478 e. The molecule has 0 aromatic heterocycles. The molecule has 0 bridgehead atoms. The summed E-state index contributed by atoms with van der Waals surface area (Å²) in [6, 6.07) is 0. The van der Waals surface area contributed by atoms with Gasteiger partial charge in [-0.15, -0.1) is 0 Å². The van der Waals surface area contributed by atoms with Crippen LogP contribution in [-0.4, -0.2) is 11.1 Å². The van der Waals surface area contributed by atoms with E-state index in [1.54, 1.807) is 6.92 Å². The predicted octanol–water partition coefficient (Wildman–Crippen LogP) is 2.89. The summed E-state index contributed by atoms with van der Waals surface area (Å²) < 4.78 is 26.3. The van der Waals surface area contributed by atoms with Crippen LogP contribution < -0.4 is 0 Å². The minimum absolute atomic E-state index is 0.253. The second kappa shape index (κ2) is 4.17. The lowest BCUT2D eigenvalue weighted by Gasteiger charge is -2.01. The molecule has 4 heteroatoms. The van der Waals surface area contributed by atoms with Crippen LogP contribution in [0, 0.1) is 0 Å². The van der Waals surface area contributed by atoms with Gasteiger partial charge in [0.25, 0.3) is 0 Å². The second-order valence-corrected chi connectivity index (χ2v) is 2.94. The van der Waals surface area contributed by atoms with Crippen molar-refractivity contribution in [2.75, 3.05) is 0 Å². The summed E-state index contributed by atoms with van der Waals surface area (Å²) in [4.78, 5) is 10.5. The van der Waals surface area contributed by atoms with Gasteiger partial charge in [-0.2, -0.15) is 0 Å². The number of carbonyl (C=O) groups is 1. The van der Waals surface area contributed by atoms with Crippen LogP contribution in [0.5, 0.6) is 0 Å². The minimum atomic E-state index is -1.37. The lowest BCUT2D eigenvalue weighted by Crippen LogP contribution is -2.00. The number of carboxylic acid groups (broad SMARTS) is 1. The molecule has 0 aromatic rings. The third-order valence-corrected chi connectivity index (χ3v) is 2.05. The zero-order valence-corrected chi connectivity index (χ0v) is 7.68. The smallest absolute Gasteiger partial charge is 0.338 e. The van der Waals surface area contributed by atoms with Gasteiger partial charge in [0.05, 0.1) is 5.57 Å². The fourth-order valence-corrected chi connectivity index (χ4v) is 1.21. The Kier molecular flexibility index (Phi) is 3.17. The van der Waals surface area contributed by atoms with Gasteiger partial charge in [0.15, 0.2) is 0 Å². The molecule has 0 saturated heterocycles. The van der Waals surface area contributed by atoms with Gasteiger partial charge in [-0.1, -0.05) is 6.92 Å². The summed E-state index contributed by atoms with van der Waals surface area (Å²) in [7, 11) is 0. The molecule has 0 saturated carbocycles. The number of hydrogen-bond acceptors (Lipinski definition) is 1. The summed E-state index contributed by atoms with van der Waals surface area (Å²) >= 11 is 0. The van der Waals surface area contributed by atoms with Crippen molar-refractivity contribution in [2.24, 2.45) is 0 Å². The maximum absolute atomic E-state index is 13.2. The molecule has 0 atom stereocenters. The highest BCUT2D eigenvalue weighted by Gasteiger charge is 2.17. The van der Waals surface area contributed by atoms with Gasteiger partial charge >= 0.3 is 5.97 Å². The van der Waals surface area contributed by atoms with Crippen LogP contribution in [0.3, 0.4) is 0 Å². The number of aliphatic carboxylic acids is 1. The van der Waals surface area contributed by atoms with Gasteiger partial charge in [0.2, 0.25) is 0 Å². The maximum Gasteiger partial charge on any atom is 0.338 e. The lowest BCUT2D eigenvalue weighted by atomic mass is 10.1. The van der Waals surface area contributed by atoms with Crippen LogP contribution in [0.15, 0.2) is 35.0 Å². The average Bonchev–Trinajstić information content (AvgIpc) is 2.26. The highest BCUT2D eigenvalue weighted by molar-refractivity contribution is 5.90. The number of rotatable bonds is 2. The molecular weight excluding hydrogens is 190 g/mol. The Morgan fingerprint density at radius 2 is 2.14 bits per heavy atom. The van der Waals surface area contributed by atoms with E-state index in [1.807, 2.05) is 0 Å². The van der Waals surface area contributed by atoms with Crippen molar-refractivity contribution in [1.29, 1.82) is 0 Å². The van der Waals surface area contributed by atoms with E-state index in [4.69, 9.17) is 5.11 Å².